The zero-order valence-electron chi connectivity index (χ0n) is 18.0. The number of piperazine rings is 1. The summed E-state index contributed by atoms with van der Waals surface area (Å²) in [5.41, 5.74) is 7.82. The van der Waals surface area contributed by atoms with Gasteiger partial charge >= 0.3 is 0 Å². The number of primary amides is 1. The van der Waals surface area contributed by atoms with Crippen LogP contribution in [0.5, 0.6) is 0 Å². The normalized spacial score (nSPS) is 14.9. The number of ether oxygens (including phenoxy) is 1. The van der Waals surface area contributed by atoms with Gasteiger partial charge in [-0.2, -0.15) is 0 Å². The molecule has 2 N–H and O–H groups in total. The molecule has 32 heavy (non-hydrogen) atoms. The van der Waals surface area contributed by atoms with Gasteiger partial charge in [0.05, 0.1) is 23.6 Å². The van der Waals surface area contributed by atoms with Gasteiger partial charge in [0.15, 0.2) is 0 Å². The van der Waals surface area contributed by atoms with Gasteiger partial charge in [0.1, 0.15) is 11.5 Å². The monoisotopic (exact) mass is 435 g/mol. The van der Waals surface area contributed by atoms with E-state index in [2.05, 4.69) is 20.2 Å². The van der Waals surface area contributed by atoms with Crippen LogP contribution in [0.2, 0.25) is 0 Å². The van der Waals surface area contributed by atoms with E-state index >= 15 is 0 Å². The summed E-state index contributed by atoms with van der Waals surface area (Å²) in [4.78, 5) is 32.3. The van der Waals surface area contributed by atoms with Crippen LogP contribution in [-0.4, -0.2) is 70.0 Å². The maximum atomic E-state index is 12.9. The minimum atomic E-state index is -0.501. The number of amides is 2. The van der Waals surface area contributed by atoms with E-state index in [1.54, 1.807) is 36.1 Å². The van der Waals surface area contributed by atoms with Crippen LogP contribution in [0.1, 0.15) is 39.4 Å². The molecule has 4 rings (SSSR count). The Bertz CT molecular complexity index is 1090. The zero-order chi connectivity index (χ0) is 22.7. The minimum absolute atomic E-state index is 0.0134. The van der Waals surface area contributed by atoms with Crippen molar-refractivity contribution in [2.75, 3.05) is 38.2 Å². The third-order valence-electron chi connectivity index (χ3n) is 5.58. The SMILES string of the molecule is COC(C)c1cn(-c2ccc(C(=O)N3CCN(c4ccc(C(N)=O)cn4)CC3)cc2)nn1. The number of hydrogen-bond donors (Lipinski definition) is 1. The van der Waals surface area contributed by atoms with Crippen molar-refractivity contribution in [1.82, 2.24) is 24.9 Å². The number of carbonyl (C=O) groups excluding carboxylic acids is 2. The van der Waals surface area contributed by atoms with Crippen molar-refractivity contribution in [3.8, 4) is 5.69 Å². The number of pyridine rings is 1. The van der Waals surface area contributed by atoms with Gasteiger partial charge < -0.3 is 20.3 Å². The van der Waals surface area contributed by atoms with Crippen molar-refractivity contribution in [1.29, 1.82) is 0 Å². The maximum absolute atomic E-state index is 12.9. The van der Waals surface area contributed by atoms with Crippen molar-refractivity contribution in [2.45, 2.75) is 13.0 Å². The van der Waals surface area contributed by atoms with Crippen LogP contribution < -0.4 is 10.6 Å². The topological polar surface area (TPSA) is 119 Å². The molecule has 10 heteroatoms. The van der Waals surface area contributed by atoms with E-state index < -0.39 is 5.91 Å². The maximum Gasteiger partial charge on any atom is 0.253 e. The van der Waals surface area contributed by atoms with Gasteiger partial charge in [-0.25, -0.2) is 9.67 Å². The molecule has 1 aliphatic rings. The fraction of sp³-hybridized carbons (Fsp3) is 0.318. The Kier molecular flexibility index (Phi) is 6.13. The smallest absolute Gasteiger partial charge is 0.253 e. The van der Waals surface area contributed by atoms with Crippen molar-refractivity contribution in [2.24, 2.45) is 5.73 Å². The van der Waals surface area contributed by atoms with Gasteiger partial charge in [-0.1, -0.05) is 5.21 Å². The quantitative estimate of drug-likeness (QED) is 0.622. The average Bonchev–Trinajstić information content (AvgIpc) is 3.34. The lowest BCUT2D eigenvalue weighted by molar-refractivity contribution is 0.0746. The fourth-order valence-corrected chi connectivity index (χ4v) is 3.51. The van der Waals surface area contributed by atoms with E-state index in [1.165, 1.54) is 6.20 Å². The molecule has 3 heterocycles. The van der Waals surface area contributed by atoms with Crippen molar-refractivity contribution < 1.29 is 14.3 Å². The molecular formula is C22H25N7O3. The van der Waals surface area contributed by atoms with Crippen molar-refractivity contribution in [3.05, 3.63) is 65.6 Å². The largest absolute Gasteiger partial charge is 0.375 e. The highest BCUT2D eigenvalue weighted by atomic mass is 16.5. The first-order valence-electron chi connectivity index (χ1n) is 10.3. The molecule has 1 aliphatic heterocycles. The van der Waals surface area contributed by atoms with E-state index in [9.17, 15) is 9.59 Å². The number of benzene rings is 1. The second-order valence-electron chi connectivity index (χ2n) is 7.56. The Morgan fingerprint density at radius 2 is 1.72 bits per heavy atom. The van der Waals surface area contributed by atoms with E-state index in [1.807, 2.05) is 30.2 Å². The summed E-state index contributed by atoms with van der Waals surface area (Å²) in [5.74, 6) is 0.251. The molecule has 0 saturated carbocycles. The number of nitrogens with zero attached hydrogens (tertiary/aromatic N) is 6. The number of aromatic nitrogens is 4. The summed E-state index contributed by atoms with van der Waals surface area (Å²) in [6.07, 6.45) is 3.15. The Balaban J connectivity index is 1.37. The van der Waals surface area contributed by atoms with Crippen LogP contribution in [0.15, 0.2) is 48.8 Å². The second kappa shape index (κ2) is 9.15. The number of nitrogens with two attached hydrogens (primary N) is 1. The molecular weight excluding hydrogens is 410 g/mol. The van der Waals surface area contributed by atoms with Gasteiger partial charge in [-0.15, -0.1) is 5.10 Å². The number of methoxy groups -OCH3 is 1. The first-order chi connectivity index (χ1) is 15.5. The molecule has 0 spiro atoms. The number of carbonyl (C=O) groups is 2. The van der Waals surface area contributed by atoms with Crippen LogP contribution in [0.3, 0.4) is 0 Å². The summed E-state index contributed by atoms with van der Waals surface area (Å²) < 4.78 is 6.92. The predicted octanol–water partition coefficient (Wildman–Crippen LogP) is 1.43. The molecule has 2 aromatic heterocycles. The summed E-state index contributed by atoms with van der Waals surface area (Å²) in [7, 11) is 1.63. The molecule has 10 nitrogen and oxygen atoms in total. The summed E-state index contributed by atoms with van der Waals surface area (Å²) >= 11 is 0. The van der Waals surface area contributed by atoms with Gasteiger partial charge in [0, 0.05) is 45.0 Å². The Labute approximate surface area is 185 Å². The van der Waals surface area contributed by atoms with E-state index in [0.29, 0.717) is 37.3 Å². The third kappa shape index (κ3) is 4.45. The van der Waals surface area contributed by atoms with Crippen LogP contribution in [0.25, 0.3) is 5.69 Å². The van der Waals surface area contributed by atoms with Crippen molar-refractivity contribution >= 4 is 17.6 Å². The molecule has 3 aromatic rings. The standard InChI is InChI=1S/C22H25N7O3/c1-15(32-2)19-14-29(26-25-19)18-6-3-16(4-7-18)22(31)28-11-9-27(10-12-28)20-8-5-17(13-24-20)21(23)30/h3-8,13-15H,9-12H2,1-2H3,(H2,23,30). The number of hydrogen-bond acceptors (Lipinski definition) is 7. The number of rotatable bonds is 6. The van der Waals surface area contributed by atoms with Gasteiger partial charge in [0.2, 0.25) is 5.91 Å². The van der Waals surface area contributed by atoms with Crippen LogP contribution in [-0.2, 0) is 4.74 Å². The highest BCUT2D eigenvalue weighted by Crippen LogP contribution is 2.18. The molecule has 1 fully saturated rings. The predicted molar refractivity (Wildman–Crippen MR) is 118 cm³/mol. The van der Waals surface area contributed by atoms with Gasteiger partial charge in [0.25, 0.3) is 5.91 Å². The lowest BCUT2D eigenvalue weighted by Gasteiger charge is -2.35. The molecule has 1 saturated heterocycles. The zero-order valence-corrected chi connectivity index (χ0v) is 18.0. The van der Waals surface area contributed by atoms with Crippen LogP contribution in [0, 0.1) is 0 Å². The van der Waals surface area contributed by atoms with Gasteiger partial charge in [-0.05, 0) is 43.3 Å². The molecule has 1 unspecified atom stereocenters. The highest BCUT2D eigenvalue weighted by Gasteiger charge is 2.23. The average molecular weight is 435 g/mol. The lowest BCUT2D eigenvalue weighted by Crippen LogP contribution is -2.49. The number of anilines is 1. The lowest BCUT2D eigenvalue weighted by atomic mass is 10.1. The first-order valence-corrected chi connectivity index (χ1v) is 10.3. The molecule has 0 radical (unpaired) electrons. The molecule has 0 bridgehead atoms. The van der Waals surface area contributed by atoms with Crippen LogP contribution in [0.4, 0.5) is 5.82 Å². The van der Waals surface area contributed by atoms with E-state index in [4.69, 9.17) is 10.5 Å². The van der Waals surface area contributed by atoms with Crippen LogP contribution >= 0.6 is 0 Å². The van der Waals surface area contributed by atoms with E-state index in [0.717, 1.165) is 17.2 Å². The Morgan fingerprint density at radius 3 is 2.31 bits per heavy atom. The minimum Gasteiger partial charge on any atom is -0.375 e. The molecule has 2 amide bonds. The van der Waals surface area contributed by atoms with E-state index in [-0.39, 0.29) is 12.0 Å². The first kappa shape index (κ1) is 21.4. The summed E-state index contributed by atoms with van der Waals surface area (Å²) in [6.45, 7) is 4.39. The molecule has 1 aromatic carbocycles. The Hall–Kier alpha value is -3.79. The van der Waals surface area contributed by atoms with Gasteiger partial charge in [-0.3, -0.25) is 9.59 Å². The second-order valence-corrected chi connectivity index (χ2v) is 7.56. The Morgan fingerprint density at radius 1 is 1.03 bits per heavy atom. The third-order valence-corrected chi connectivity index (χ3v) is 5.58. The molecule has 1 atom stereocenters. The molecule has 166 valence electrons. The fourth-order valence-electron chi connectivity index (χ4n) is 3.51. The van der Waals surface area contributed by atoms with Crippen molar-refractivity contribution in [3.63, 3.8) is 0 Å². The molecule has 0 aliphatic carbocycles. The summed E-state index contributed by atoms with van der Waals surface area (Å²) in [6, 6.07) is 10.7. The summed E-state index contributed by atoms with van der Waals surface area (Å²) in [5, 5.41) is 8.25. The highest BCUT2D eigenvalue weighted by molar-refractivity contribution is 5.94.